The molecule has 1 N–H and O–H groups in total. The van der Waals surface area contributed by atoms with Crippen molar-refractivity contribution in [2.24, 2.45) is 0 Å². The minimum absolute atomic E-state index is 0.158. The molecule has 1 aliphatic heterocycles. The Balaban J connectivity index is 1.57. The molecule has 0 amide bonds. The lowest BCUT2D eigenvalue weighted by Crippen LogP contribution is -2.24. The van der Waals surface area contributed by atoms with E-state index in [4.69, 9.17) is 4.74 Å². The van der Waals surface area contributed by atoms with Crippen LogP contribution in [0.15, 0.2) is 94.9 Å². The average Bonchev–Trinajstić information content (AvgIpc) is 2.77. The molecule has 0 unspecified atom stereocenters. The van der Waals surface area contributed by atoms with E-state index in [-0.39, 0.29) is 11.5 Å². The number of para-hydroxylation sites is 1. The Bertz CT molecular complexity index is 1210. The van der Waals surface area contributed by atoms with Crippen LogP contribution in [0.3, 0.4) is 0 Å². The zero-order valence-electron chi connectivity index (χ0n) is 15.5. The molecule has 4 aromatic rings. The van der Waals surface area contributed by atoms with Crippen molar-refractivity contribution < 1.29 is 4.74 Å². The minimum Gasteiger partial charge on any atom is -0.438 e. The minimum atomic E-state index is -0.208. The quantitative estimate of drug-likeness (QED) is 0.328. The molecule has 5 heteroatoms. The number of nitrogens with one attached hydrogen (secondary N) is 1. The first-order valence-electron chi connectivity index (χ1n) is 9.42. The van der Waals surface area contributed by atoms with Crippen LogP contribution in [0.5, 0.6) is 11.6 Å². The summed E-state index contributed by atoms with van der Waals surface area (Å²) in [4.78, 5) is 20.7. The summed E-state index contributed by atoms with van der Waals surface area (Å²) in [5.41, 5.74) is 3.59. The van der Waals surface area contributed by atoms with Crippen LogP contribution in [-0.2, 0) is 5.75 Å². The number of aromatic nitrogens is 2. The fraction of sp³-hybridized carbons (Fsp3) is 0.0833. The molecular formula is C24H18N2O2S. The summed E-state index contributed by atoms with van der Waals surface area (Å²) in [6.45, 7) is 0. The Labute approximate surface area is 172 Å². The SMILES string of the molecule is O=c1[nH]c(SCc2ccccc2)nc2c1[C@H](c1ccccc1)c1ccccc1O2. The lowest BCUT2D eigenvalue weighted by Gasteiger charge is -2.27. The predicted molar refractivity (Wildman–Crippen MR) is 115 cm³/mol. The highest BCUT2D eigenvalue weighted by atomic mass is 32.2. The molecule has 0 radical (unpaired) electrons. The van der Waals surface area contributed by atoms with E-state index < -0.39 is 0 Å². The van der Waals surface area contributed by atoms with Crippen molar-refractivity contribution in [1.82, 2.24) is 9.97 Å². The number of hydrogen-bond acceptors (Lipinski definition) is 4. The summed E-state index contributed by atoms with van der Waals surface area (Å²) in [7, 11) is 0. The molecule has 29 heavy (non-hydrogen) atoms. The highest BCUT2D eigenvalue weighted by Crippen LogP contribution is 2.45. The van der Waals surface area contributed by atoms with Gasteiger partial charge in [-0.15, -0.1) is 0 Å². The smallest absolute Gasteiger partial charge is 0.259 e. The molecule has 3 aromatic carbocycles. The fourth-order valence-electron chi connectivity index (χ4n) is 3.63. The number of nitrogens with zero attached hydrogens (tertiary/aromatic N) is 1. The maximum atomic E-state index is 13.1. The van der Waals surface area contributed by atoms with E-state index in [2.05, 4.69) is 22.1 Å². The molecule has 0 saturated carbocycles. The summed E-state index contributed by atoms with van der Waals surface area (Å²) in [5, 5.41) is 0.559. The topological polar surface area (TPSA) is 55.0 Å². The predicted octanol–water partition coefficient (Wildman–Crippen LogP) is 5.35. The van der Waals surface area contributed by atoms with Gasteiger partial charge in [0, 0.05) is 17.2 Å². The molecule has 0 saturated heterocycles. The van der Waals surface area contributed by atoms with Gasteiger partial charge in [0.05, 0.1) is 5.56 Å². The Kier molecular flexibility index (Phi) is 4.66. The normalized spacial score (nSPS) is 14.6. The lowest BCUT2D eigenvalue weighted by atomic mass is 9.84. The second-order valence-electron chi connectivity index (χ2n) is 6.85. The van der Waals surface area contributed by atoms with E-state index in [1.807, 2.05) is 72.8 Å². The third-order valence-corrected chi connectivity index (χ3v) is 5.92. The number of rotatable bonds is 4. The highest BCUT2D eigenvalue weighted by Gasteiger charge is 2.32. The van der Waals surface area contributed by atoms with Crippen molar-refractivity contribution in [2.75, 3.05) is 0 Å². The van der Waals surface area contributed by atoms with Crippen LogP contribution in [0.2, 0.25) is 0 Å². The van der Waals surface area contributed by atoms with E-state index >= 15 is 0 Å². The number of thioether (sulfide) groups is 1. The molecule has 0 spiro atoms. The standard InChI is InChI=1S/C24H18N2O2S/c27-22-21-20(17-11-5-2-6-12-17)18-13-7-8-14-19(18)28-23(21)26-24(25-22)29-15-16-9-3-1-4-10-16/h1-14,20H,15H2,(H,25,26,27)/t20-/m1/s1. The van der Waals surface area contributed by atoms with Crippen LogP contribution in [0.4, 0.5) is 0 Å². The molecule has 1 aliphatic rings. The van der Waals surface area contributed by atoms with Crippen LogP contribution in [-0.4, -0.2) is 9.97 Å². The summed E-state index contributed by atoms with van der Waals surface area (Å²) < 4.78 is 6.06. The van der Waals surface area contributed by atoms with Gasteiger partial charge in [-0.05, 0) is 17.2 Å². The Morgan fingerprint density at radius 1 is 0.897 bits per heavy atom. The summed E-state index contributed by atoms with van der Waals surface area (Å²) in [6.07, 6.45) is 0. The monoisotopic (exact) mass is 398 g/mol. The largest absolute Gasteiger partial charge is 0.438 e. The van der Waals surface area contributed by atoms with Gasteiger partial charge in [-0.2, -0.15) is 4.98 Å². The van der Waals surface area contributed by atoms with Crippen LogP contribution >= 0.6 is 11.8 Å². The number of aromatic amines is 1. The third-order valence-electron chi connectivity index (χ3n) is 4.98. The van der Waals surface area contributed by atoms with Gasteiger partial charge < -0.3 is 9.72 Å². The first-order chi connectivity index (χ1) is 14.3. The highest BCUT2D eigenvalue weighted by molar-refractivity contribution is 7.98. The lowest BCUT2D eigenvalue weighted by molar-refractivity contribution is 0.424. The third kappa shape index (κ3) is 3.45. The van der Waals surface area contributed by atoms with Gasteiger partial charge in [0.25, 0.3) is 5.56 Å². The number of fused-ring (bicyclic) bond motifs is 2. The van der Waals surface area contributed by atoms with Gasteiger partial charge in [-0.1, -0.05) is 90.6 Å². The van der Waals surface area contributed by atoms with Crippen LogP contribution < -0.4 is 10.3 Å². The van der Waals surface area contributed by atoms with Gasteiger partial charge in [0.2, 0.25) is 5.88 Å². The molecule has 4 nitrogen and oxygen atoms in total. The average molecular weight is 398 g/mol. The van der Waals surface area contributed by atoms with Gasteiger partial charge in [0.1, 0.15) is 5.75 Å². The van der Waals surface area contributed by atoms with Crippen molar-refractivity contribution >= 4 is 11.8 Å². The fourth-order valence-corrected chi connectivity index (χ4v) is 4.44. The van der Waals surface area contributed by atoms with Crippen molar-refractivity contribution in [3.8, 4) is 11.6 Å². The van der Waals surface area contributed by atoms with Crippen LogP contribution in [0.25, 0.3) is 0 Å². The molecule has 1 atom stereocenters. The zero-order chi connectivity index (χ0) is 19.6. The van der Waals surface area contributed by atoms with E-state index in [0.717, 1.165) is 22.6 Å². The van der Waals surface area contributed by atoms with Crippen molar-refractivity contribution in [3.05, 3.63) is 118 Å². The van der Waals surface area contributed by atoms with E-state index in [1.165, 1.54) is 17.3 Å². The first-order valence-corrected chi connectivity index (χ1v) is 10.4. The maximum absolute atomic E-state index is 13.1. The first kappa shape index (κ1) is 17.8. The molecule has 1 aromatic heterocycles. The maximum Gasteiger partial charge on any atom is 0.259 e. The van der Waals surface area contributed by atoms with E-state index in [0.29, 0.717) is 16.6 Å². The van der Waals surface area contributed by atoms with Crippen LogP contribution in [0.1, 0.15) is 28.2 Å². The molecule has 0 bridgehead atoms. The van der Waals surface area contributed by atoms with Gasteiger partial charge in [-0.3, -0.25) is 4.79 Å². The second-order valence-corrected chi connectivity index (χ2v) is 7.81. The number of benzene rings is 3. The Morgan fingerprint density at radius 2 is 1.59 bits per heavy atom. The number of H-pyrrole nitrogens is 1. The second kappa shape index (κ2) is 7.60. The Morgan fingerprint density at radius 3 is 2.38 bits per heavy atom. The Hall–Kier alpha value is -3.31. The van der Waals surface area contributed by atoms with Crippen molar-refractivity contribution in [1.29, 1.82) is 0 Å². The summed E-state index contributed by atoms with van der Waals surface area (Å²) in [6, 6.07) is 28.0. The van der Waals surface area contributed by atoms with E-state index in [9.17, 15) is 4.79 Å². The van der Waals surface area contributed by atoms with Crippen molar-refractivity contribution in [3.63, 3.8) is 0 Å². The molecule has 5 rings (SSSR count). The van der Waals surface area contributed by atoms with Gasteiger partial charge in [-0.25, -0.2) is 0 Å². The molecule has 0 aliphatic carbocycles. The molecule has 142 valence electrons. The molecular weight excluding hydrogens is 380 g/mol. The van der Waals surface area contributed by atoms with Gasteiger partial charge >= 0.3 is 0 Å². The summed E-state index contributed by atoms with van der Waals surface area (Å²) in [5.74, 6) is 1.64. The van der Waals surface area contributed by atoms with Crippen LogP contribution in [0, 0.1) is 0 Å². The van der Waals surface area contributed by atoms with E-state index in [1.54, 1.807) is 0 Å². The van der Waals surface area contributed by atoms with Crippen molar-refractivity contribution in [2.45, 2.75) is 16.8 Å². The molecule has 0 fully saturated rings. The number of hydrogen-bond donors (Lipinski definition) is 1. The molecule has 2 heterocycles. The summed E-state index contributed by atoms with van der Waals surface area (Å²) >= 11 is 1.49. The zero-order valence-corrected chi connectivity index (χ0v) is 16.4. The van der Waals surface area contributed by atoms with Gasteiger partial charge in [0.15, 0.2) is 5.16 Å². The number of ether oxygens (including phenoxy) is 1.